The Labute approximate surface area is 126 Å². The molecule has 0 radical (unpaired) electrons. The number of hydrogen-bond donors (Lipinski definition) is 1. The first-order chi connectivity index (χ1) is 9.38. The summed E-state index contributed by atoms with van der Waals surface area (Å²) in [5.74, 6) is 0.944. The number of rotatable bonds is 7. The number of nitrogens with zero attached hydrogens (tertiary/aromatic N) is 1. The molecule has 0 aliphatic rings. The van der Waals surface area contributed by atoms with Gasteiger partial charge >= 0.3 is 0 Å². The zero-order valence-corrected chi connectivity index (χ0v) is 12.5. The molecule has 0 aliphatic heterocycles. The summed E-state index contributed by atoms with van der Waals surface area (Å²) < 4.78 is 5.62. The molecule has 0 bridgehead atoms. The van der Waals surface area contributed by atoms with Gasteiger partial charge in [-0.05, 0) is 36.2 Å². The monoisotopic (exact) mass is 292 g/mol. The highest BCUT2D eigenvalue weighted by Gasteiger charge is 1.97. The van der Waals surface area contributed by atoms with Crippen LogP contribution in [-0.4, -0.2) is 11.6 Å². The summed E-state index contributed by atoms with van der Waals surface area (Å²) in [5, 5.41) is 3.38. The Morgan fingerprint density at radius 2 is 2.00 bits per heavy atom. The second kappa shape index (κ2) is 9.34. The van der Waals surface area contributed by atoms with E-state index in [0.717, 1.165) is 37.6 Å². The Hall–Kier alpha value is -1.58. The standard InChI is InChI=1S/C16H20N2O.ClH/c1-2-10-19-16-8-5-6-14(11-16)12-17-13-15-7-3-4-9-18-15;/h3-9,11,17H,2,10,12-13H2,1H3;1H. The van der Waals surface area contributed by atoms with E-state index in [-0.39, 0.29) is 12.4 Å². The predicted octanol–water partition coefficient (Wildman–Crippen LogP) is 3.58. The first kappa shape index (κ1) is 16.5. The van der Waals surface area contributed by atoms with Crippen LogP contribution in [0.2, 0.25) is 0 Å². The molecule has 1 heterocycles. The average Bonchev–Trinajstić information content (AvgIpc) is 2.47. The molecule has 1 N–H and O–H groups in total. The van der Waals surface area contributed by atoms with E-state index in [0.29, 0.717) is 0 Å². The number of ether oxygens (including phenoxy) is 1. The number of halogens is 1. The maximum absolute atomic E-state index is 5.62. The molecule has 0 saturated heterocycles. The quantitative estimate of drug-likeness (QED) is 0.847. The fraction of sp³-hybridized carbons (Fsp3) is 0.312. The SMILES string of the molecule is CCCOc1cccc(CNCc2ccccn2)c1.Cl. The molecule has 3 nitrogen and oxygen atoms in total. The van der Waals surface area contributed by atoms with Crippen molar-refractivity contribution >= 4 is 12.4 Å². The largest absolute Gasteiger partial charge is 0.494 e. The second-order valence-corrected chi connectivity index (χ2v) is 4.42. The van der Waals surface area contributed by atoms with Gasteiger partial charge in [-0.1, -0.05) is 25.1 Å². The third-order valence-corrected chi connectivity index (χ3v) is 2.73. The molecule has 0 amide bonds. The van der Waals surface area contributed by atoms with Crippen molar-refractivity contribution in [1.82, 2.24) is 10.3 Å². The first-order valence-electron chi connectivity index (χ1n) is 6.71. The van der Waals surface area contributed by atoms with Gasteiger partial charge in [0.2, 0.25) is 0 Å². The summed E-state index contributed by atoms with van der Waals surface area (Å²) in [7, 11) is 0. The Bertz CT molecular complexity index is 491. The smallest absolute Gasteiger partial charge is 0.119 e. The van der Waals surface area contributed by atoms with E-state index in [1.807, 2.05) is 36.5 Å². The van der Waals surface area contributed by atoms with E-state index in [1.54, 1.807) is 0 Å². The molecule has 4 heteroatoms. The average molecular weight is 293 g/mol. The van der Waals surface area contributed by atoms with Gasteiger partial charge in [-0.25, -0.2) is 0 Å². The van der Waals surface area contributed by atoms with Crippen LogP contribution in [0.3, 0.4) is 0 Å². The molecule has 1 aromatic heterocycles. The number of benzene rings is 1. The van der Waals surface area contributed by atoms with E-state index >= 15 is 0 Å². The molecule has 0 spiro atoms. The summed E-state index contributed by atoms with van der Waals surface area (Å²) in [6.07, 6.45) is 2.85. The van der Waals surface area contributed by atoms with Crippen LogP contribution in [0.1, 0.15) is 24.6 Å². The number of hydrogen-bond acceptors (Lipinski definition) is 3. The topological polar surface area (TPSA) is 34.1 Å². The third kappa shape index (κ3) is 5.59. The van der Waals surface area contributed by atoms with Crippen molar-refractivity contribution in [2.24, 2.45) is 0 Å². The van der Waals surface area contributed by atoms with Crippen LogP contribution >= 0.6 is 12.4 Å². The van der Waals surface area contributed by atoms with Crippen molar-refractivity contribution in [3.05, 3.63) is 59.9 Å². The molecule has 0 unspecified atom stereocenters. The summed E-state index contributed by atoms with van der Waals surface area (Å²) >= 11 is 0. The summed E-state index contributed by atoms with van der Waals surface area (Å²) in [5.41, 5.74) is 2.28. The Morgan fingerprint density at radius 3 is 2.75 bits per heavy atom. The van der Waals surface area contributed by atoms with E-state index in [4.69, 9.17) is 4.74 Å². The third-order valence-electron chi connectivity index (χ3n) is 2.73. The fourth-order valence-corrected chi connectivity index (χ4v) is 1.80. The molecule has 0 saturated carbocycles. The van der Waals surface area contributed by atoms with Crippen molar-refractivity contribution in [1.29, 1.82) is 0 Å². The van der Waals surface area contributed by atoms with Crippen LogP contribution in [0.25, 0.3) is 0 Å². The van der Waals surface area contributed by atoms with E-state index in [9.17, 15) is 0 Å². The zero-order valence-electron chi connectivity index (χ0n) is 11.7. The predicted molar refractivity (Wildman–Crippen MR) is 84.3 cm³/mol. The highest BCUT2D eigenvalue weighted by atomic mass is 35.5. The molecular formula is C16H21ClN2O. The van der Waals surface area contributed by atoms with Crippen LogP contribution in [0, 0.1) is 0 Å². The molecule has 20 heavy (non-hydrogen) atoms. The van der Waals surface area contributed by atoms with Gasteiger partial charge < -0.3 is 10.1 Å². The van der Waals surface area contributed by atoms with Crippen LogP contribution in [0.5, 0.6) is 5.75 Å². The molecule has 0 atom stereocenters. The van der Waals surface area contributed by atoms with Crippen molar-refractivity contribution in [3.63, 3.8) is 0 Å². The van der Waals surface area contributed by atoms with Crippen LogP contribution in [0.4, 0.5) is 0 Å². The number of pyridine rings is 1. The molecule has 2 aromatic rings. The van der Waals surface area contributed by atoms with Crippen molar-refractivity contribution in [3.8, 4) is 5.75 Å². The molecule has 0 fully saturated rings. The lowest BCUT2D eigenvalue weighted by atomic mass is 10.2. The van der Waals surface area contributed by atoms with E-state index in [1.165, 1.54) is 5.56 Å². The lowest BCUT2D eigenvalue weighted by Gasteiger charge is -2.08. The summed E-state index contributed by atoms with van der Waals surface area (Å²) in [6.45, 7) is 4.48. The Morgan fingerprint density at radius 1 is 1.10 bits per heavy atom. The minimum Gasteiger partial charge on any atom is -0.494 e. The molecular weight excluding hydrogens is 272 g/mol. The van der Waals surface area contributed by atoms with Crippen molar-refractivity contribution in [2.75, 3.05) is 6.61 Å². The highest BCUT2D eigenvalue weighted by molar-refractivity contribution is 5.85. The number of nitrogens with one attached hydrogen (secondary N) is 1. The lowest BCUT2D eigenvalue weighted by molar-refractivity contribution is 0.317. The van der Waals surface area contributed by atoms with E-state index < -0.39 is 0 Å². The van der Waals surface area contributed by atoms with Gasteiger partial charge in [0.05, 0.1) is 12.3 Å². The number of aromatic nitrogens is 1. The maximum Gasteiger partial charge on any atom is 0.119 e. The Balaban J connectivity index is 0.00000200. The molecule has 2 rings (SSSR count). The van der Waals surface area contributed by atoms with Gasteiger partial charge in [-0.3, -0.25) is 4.98 Å². The minimum atomic E-state index is 0. The van der Waals surface area contributed by atoms with Gasteiger partial charge in [0.1, 0.15) is 5.75 Å². The van der Waals surface area contributed by atoms with Gasteiger partial charge in [-0.2, -0.15) is 0 Å². The van der Waals surface area contributed by atoms with E-state index in [2.05, 4.69) is 29.4 Å². The molecule has 108 valence electrons. The van der Waals surface area contributed by atoms with Crippen LogP contribution < -0.4 is 10.1 Å². The van der Waals surface area contributed by atoms with Crippen LogP contribution in [0.15, 0.2) is 48.7 Å². The Kier molecular flexibility index (Phi) is 7.70. The van der Waals surface area contributed by atoms with Gasteiger partial charge in [0.25, 0.3) is 0 Å². The first-order valence-corrected chi connectivity index (χ1v) is 6.71. The van der Waals surface area contributed by atoms with Gasteiger partial charge in [0.15, 0.2) is 0 Å². The lowest BCUT2D eigenvalue weighted by Crippen LogP contribution is -2.13. The normalized spacial score (nSPS) is 9.85. The zero-order chi connectivity index (χ0) is 13.3. The fourth-order valence-electron chi connectivity index (χ4n) is 1.80. The van der Waals surface area contributed by atoms with Crippen molar-refractivity contribution in [2.45, 2.75) is 26.4 Å². The van der Waals surface area contributed by atoms with Crippen LogP contribution in [-0.2, 0) is 13.1 Å². The summed E-state index contributed by atoms with van der Waals surface area (Å²) in [6, 6.07) is 14.2. The molecule has 0 aliphatic carbocycles. The van der Waals surface area contributed by atoms with Gasteiger partial charge in [-0.15, -0.1) is 12.4 Å². The second-order valence-electron chi connectivity index (χ2n) is 4.42. The summed E-state index contributed by atoms with van der Waals surface area (Å²) in [4.78, 5) is 4.28. The van der Waals surface area contributed by atoms with Crippen molar-refractivity contribution < 1.29 is 4.74 Å². The maximum atomic E-state index is 5.62. The highest BCUT2D eigenvalue weighted by Crippen LogP contribution is 2.13. The van der Waals surface area contributed by atoms with Gasteiger partial charge in [0, 0.05) is 19.3 Å². The minimum absolute atomic E-state index is 0. The molecule has 1 aromatic carbocycles.